The smallest absolute Gasteiger partial charge is 0.331 e. The van der Waals surface area contributed by atoms with Crippen LogP contribution in [-0.2, 0) is 14.3 Å². The van der Waals surface area contributed by atoms with Gasteiger partial charge >= 0.3 is 5.97 Å². The summed E-state index contributed by atoms with van der Waals surface area (Å²) < 4.78 is 5.43. The van der Waals surface area contributed by atoms with E-state index in [2.05, 4.69) is 0 Å². The molecule has 1 aliphatic rings. The van der Waals surface area contributed by atoms with E-state index in [4.69, 9.17) is 14.9 Å². The standard InChI is InChI=1S/C12H19NO5/c1-7-4-13(5-10(6-14)18-7)11(15)8(2)9(3)12(16)17/h7,10,14H,4-6H2,1-3H3,(H,16,17). The minimum atomic E-state index is -1.10. The monoisotopic (exact) mass is 257 g/mol. The van der Waals surface area contributed by atoms with Gasteiger partial charge in [-0.3, -0.25) is 4.79 Å². The van der Waals surface area contributed by atoms with Gasteiger partial charge < -0.3 is 19.8 Å². The zero-order valence-corrected chi connectivity index (χ0v) is 10.8. The van der Waals surface area contributed by atoms with Crippen LogP contribution in [0.4, 0.5) is 0 Å². The highest BCUT2D eigenvalue weighted by molar-refractivity contribution is 6.01. The molecule has 0 aromatic heterocycles. The summed E-state index contributed by atoms with van der Waals surface area (Å²) in [6.45, 7) is 5.24. The highest BCUT2D eigenvalue weighted by Gasteiger charge is 2.29. The van der Waals surface area contributed by atoms with Gasteiger partial charge in [0.25, 0.3) is 0 Å². The highest BCUT2D eigenvalue weighted by atomic mass is 16.5. The van der Waals surface area contributed by atoms with Crippen LogP contribution >= 0.6 is 0 Å². The number of rotatable bonds is 3. The molecule has 1 aliphatic heterocycles. The van der Waals surface area contributed by atoms with Gasteiger partial charge in [-0.2, -0.15) is 0 Å². The van der Waals surface area contributed by atoms with Crippen molar-refractivity contribution in [2.75, 3.05) is 19.7 Å². The van der Waals surface area contributed by atoms with Crippen molar-refractivity contribution in [3.8, 4) is 0 Å². The number of hydrogen-bond donors (Lipinski definition) is 2. The number of carboxylic acids is 1. The molecule has 2 N–H and O–H groups in total. The Morgan fingerprint density at radius 2 is 1.89 bits per heavy atom. The number of carbonyl (C=O) groups is 2. The second kappa shape index (κ2) is 5.97. The molecule has 0 aliphatic carbocycles. The van der Waals surface area contributed by atoms with Gasteiger partial charge in [0.2, 0.25) is 5.91 Å². The molecule has 2 unspecified atom stereocenters. The van der Waals surface area contributed by atoms with Gasteiger partial charge in [-0.1, -0.05) is 0 Å². The molecular weight excluding hydrogens is 238 g/mol. The van der Waals surface area contributed by atoms with E-state index < -0.39 is 12.1 Å². The maximum Gasteiger partial charge on any atom is 0.331 e. The van der Waals surface area contributed by atoms with Crippen LogP contribution in [0.5, 0.6) is 0 Å². The number of aliphatic carboxylic acids is 1. The Kier molecular flexibility index (Phi) is 4.86. The third-order valence-corrected chi connectivity index (χ3v) is 3.02. The van der Waals surface area contributed by atoms with Crippen LogP contribution in [0, 0.1) is 0 Å². The zero-order valence-electron chi connectivity index (χ0n) is 10.8. The largest absolute Gasteiger partial charge is 0.478 e. The van der Waals surface area contributed by atoms with Crippen LogP contribution in [0.25, 0.3) is 0 Å². The number of morpholine rings is 1. The van der Waals surface area contributed by atoms with E-state index in [0.717, 1.165) is 0 Å². The van der Waals surface area contributed by atoms with Crippen molar-refractivity contribution in [2.45, 2.75) is 33.0 Å². The highest BCUT2D eigenvalue weighted by Crippen LogP contribution is 2.15. The lowest BCUT2D eigenvalue weighted by molar-refractivity contribution is -0.143. The van der Waals surface area contributed by atoms with Crippen LogP contribution in [0.1, 0.15) is 20.8 Å². The Balaban J connectivity index is 2.84. The maximum atomic E-state index is 12.1. The lowest BCUT2D eigenvalue weighted by atomic mass is 10.1. The van der Waals surface area contributed by atoms with Gasteiger partial charge in [0.1, 0.15) is 0 Å². The minimum Gasteiger partial charge on any atom is -0.478 e. The summed E-state index contributed by atoms with van der Waals surface area (Å²) in [5.41, 5.74) is 0.257. The molecule has 1 amide bonds. The zero-order chi connectivity index (χ0) is 13.9. The average Bonchev–Trinajstić information content (AvgIpc) is 2.34. The predicted molar refractivity (Wildman–Crippen MR) is 64.0 cm³/mol. The fourth-order valence-electron chi connectivity index (χ4n) is 1.87. The fourth-order valence-corrected chi connectivity index (χ4v) is 1.87. The Hall–Kier alpha value is -1.40. The molecule has 0 bridgehead atoms. The Morgan fingerprint density at radius 3 is 2.39 bits per heavy atom. The number of carboxylic acid groups (broad SMARTS) is 1. The van der Waals surface area contributed by atoms with E-state index in [1.807, 2.05) is 6.92 Å². The normalized spacial score (nSPS) is 25.7. The van der Waals surface area contributed by atoms with E-state index in [9.17, 15) is 9.59 Å². The first-order valence-corrected chi connectivity index (χ1v) is 5.83. The number of aliphatic hydroxyl groups is 1. The number of nitrogens with zero attached hydrogens (tertiary/aromatic N) is 1. The van der Waals surface area contributed by atoms with Crippen molar-refractivity contribution in [1.82, 2.24) is 4.90 Å². The van der Waals surface area contributed by atoms with Crippen LogP contribution < -0.4 is 0 Å². The SMILES string of the molecule is CC(C(=O)O)=C(C)C(=O)N1CC(C)OC(CO)C1. The first-order chi connectivity index (χ1) is 8.36. The van der Waals surface area contributed by atoms with Crippen molar-refractivity contribution >= 4 is 11.9 Å². The molecule has 102 valence electrons. The molecule has 6 heteroatoms. The molecule has 0 spiro atoms. The van der Waals surface area contributed by atoms with Crippen LogP contribution in [0.2, 0.25) is 0 Å². The van der Waals surface area contributed by atoms with Crippen molar-refractivity contribution in [1.29, 1.82) is 0 Å². The van der Waals surface area contributed by atoms with Crippen LogP contribution in [0.15, 0.2) is 11.1 Å². The van der Waals surface area contributed by atoms with Crippen LogP contribution in [-0.4, -0.2) is 58.9 Å². The summed E-state index contributed by atoms with van der Waals surface area (Å²) >= 11 is 0. The van der Waals surface area contributed by atoms with E-state index in [-0.39, 0.29) is 36.3 Å². The number of ether oxygens (including phenoxy) is 1. The first-order valence-electron chi connectivity index (χ1n) is 5.83. The molecule has 1 rings (SSSR count). The Morgan fingerprint density at radius 1 is 1.28 bits per heavy atom. The summed E-state index contributed by atoms with van der Waals surface area (Å²) in [4.78, 5) is 24.5. The molecule has 18 heavy (non-hydrogen) atoms. The van der Waals surface area contributed by atoms with E-state index in [0.29, 0.717) is 6.54 Å². The summed E-state index contributed by atoms with van der Waals surface area (Å²) in [5, 5.41) is 17.9. The molecule has 0 saturated carbocycles. The number of amides is 1. The molecule has 6 nitrogen and oxygen atoms in total. The molecule has 2 atom stereocenters. The molecule has 0 radical (unpaired) electrons. The summed E-state index contributed by atoms with van der Waals surface area (Å²) in [6.07, 6.45) is -0.576. The van der Waals surface area contributed by atoms with E-state index in [1.165, 1.54) is 18.7 Å². The lowest BCUT2D eigenvalue weighted by Crippen LogP contribution is -2.50. The third-order valence-electron chi connectivity index (χ3n) is 3.02. The van der Waals surface area contributed by atoms with Crippen molar-refractivity contribution < 1.29 is 24.5 Å². The van der Waals surface area contributed by atoms with Gasteiger partial charge in [-0.15, -0.1) is 0 Å². The molecule has 1 saturated heterocycles. The van der Waals surface area contributed by atoms with Crippen molar-refractivity contribution in [2.24, 2.45) is 0 Å². The summed E-state index contributed by atoms with van der Waals surface area (Å²) in [7, 11) is 0. The number of aliphatic hydroxyl groups excluding tert-OH is 1. The van der Waals surface area contributed by atoms with Crippen molar-refractivity contribution in [3.05, 3.63) is 11.1 Å². The van der Waals surface area contributed by atoms with Gasteiger partial charge in [0.05, 0.1) is 18.8 Å². The molecule has 0 aromatic carbocycles. The van der Waals surface area contributed by atoms with Gasteiger partial charge in [0, 0.05) is 24.2 Å². The van der Waals surface area contributed by atoms with Crippen LogP contribution in [0.3, 0.4) is 0 Å². The molecule has 1 heterocycles. The lowest BCUT2D eigenvalue weighted by Gasteiger charge is -2.36. The van der Waals surface area contributed by atoms with Crippen molar-refractivity contribution in [3.63, 3.8) is 0 Å². The summed E-state index contributed by atoms with van der Waals surface area (Å²) in [6, 6.07) is 0. The number of hydrogen-bond acceptors (Lipinski definition) is 4. The summed E-state index contributed by atoms with van der Waals surface area (Å²) in [5.74, 6) is -1.41. The Labute approximate surface area is 106 Å². The Bertz CT molecular complexity index is 377. The van der Waals surface area contributed by atoms with Gasteiger partial charge in [-0.25, -0.2) is 4.79 Å². The van der Waals surface area contributed by atoms with E-state index >= 15 is 0 Å². The van der Waals surface area contributed by atoms with Gasteiger partial charge in [-0.05, 0) is 20.8 Å². The second-order valence-corrected chi connectivity index (χ2v) is 4.52. The van der Waals surface area contributed by atoms with Gasteiger partial charge in [0.15, 0.2) is 0 Å². The minimum absolute atomic E-state index is 0.0414. The topological polar surface area (TPSA) is 87.1 Å². The molecular formula is C12H19NO5. The molecule has 0 aromatic rings. The first kappa shape index (κ1) is 14.7. The quantitative estimate of drug-likeness (QED) is 0.696. The average molecular weight is 257 g/mol. The molecule has 1 fully saturated rings. The number of carbonyl (C=O) groups excluding carboxylic acids is 1. The third kappa shape index (κ3) is 3.30. The predicted octanol–water partition coefficient (Wildman–Crippen LogP) is 0.0156. The van der Waals surface area contributed by atoms with E-state index in [1.54, 1.807) is 0 Å². The fraction of sp³-hybridized carbons (Fsp3) is 0.667. The second-order valence-electron chi connectivity index (χ2n) is 4.52. The maximum absolute atomic E-state index is 12.1.